The first kappa shape index (κ1) is 37.3. The van der Waals surface area contributed by atoms with Gasteiger partial charge in [-0.15, -0.1) is 0 Å². The molecule has 6 nitrogen and oxygen atoms in total. The fourth-order valence-electron chi connectivity index (χ4n) is 10.4. The molecule has 0 radical (unpaired) electrons. The first-order valence-corrected chi connectivity index (χ1v) is 22.6. The van der Waals surface area contributed by atoms with Crippen molar-refractivity contribution in [3.8, 4) is 56.7 Å². The van der Waals surface area contributed by atoms with E-state index in [0.29, 0.717) is 23.1 Å². The standard InChI is InChI=1S/C61H37N5O/c1-3-17-38(18-4-1)39-21-15-22-42(35-39)59-62-60(47-28-16-31-52-56(47)45-26-10-13-30-51(45)65(52)43-23-5-2-6-24-43)64-61(63-59)48-33-34-53(57-46-27-11-14-32-55(46)67-58(48)57)66-50-29-12-9-25-44(50)49-36-40-19-7-8-20-41(40)37-54(49)66/h1-37H. The molecule has 312 valence electrons. The van der Waals surface area contributed by atoms with E-state index < -0.39 is 0 Å². The number of hydrogen-bond acceptors (Lipinski definition) is 4. The van der Waals surface area contributed by atoms with Crippen molar-refractivity contribution in [2.24, 2.45) is 0 Å². The van der Waals surface area contributed by atoms with Crippen molar-refractivity contribution in [1.29, 1.82) is 0 Å². The van der Waals surface area contributed by atoms with Gasteiger partial charge < -0.3 is 13.6 Å². The maximum Gasteiger partial charge on any atom is 0.167 e. The Kier molecular flexibility index (Phi) is 8.18. The van der Waals surface area contributed by atoms with Crippen LogP contribution in [-0.2, 0) is 0 Å². The van der Waals surface area contributed by atoms with Crippen molar-refractivity contribution >= 4 is 76.3 Å². The fourth-order valence-corrected chi connectivity index (χ4v) is 10.4. The Morgan fingerprint density at radius 2 is 0.925 bits per heavy atom. The molecule has 67 heavy (non-hydrogen) atoms. The molecule has 6 heteroatoms. The van der Waals surface area contributed by atoms with Crippen LogP contribution in [-0.4, -0.2) is 24.1 Å². The number of aromatic nitrogens is 5. The number of fused-ring (bicyclic) bond motifs is 10. The Balaban J connectivity index is 1.06. The van der Waals surface area contributed by atoms with E-state index in [-0.39, 0.29) is 0 Å². The van der Waals surface area contributed by atoms with Crippen LogP contribution in [0.1, 0.15) is 0 Å². The molecule has 0 bridgehead atoms. The molecule has 0 saturated heterocycles. The van der Waals surface area contributed by atoms with Crippen LogP contribution in [0.3, 0.4) is 0 Å². The molecule has 0 aliphatic rings. The highest BCUT2D eigenvalue weighted by Crippen LogP contribution is 2.44. The summed E-state index contributed by atoms with van der Waals surface area (Å²) in [6.07, 6.45) is 0. The predicted octanol–water partition coefficient (Wildman–Crippen LogP) is 15.8. The number of para-hydroxylation sites is 4. The minimum Gasteiger partial charge on any atom is -0.455 e. The maximum atomic E-state index is 7.00. The van der Waals surface area contributed by atoms with Gasteiger partial charge in [0.2, 0.25) is 0 Å². The Hall–Kier alpha value is -9.13. The van der Waals surface area contributed by atoms with E-state index >= 15 is 0 Å². The monoisotopic (exact) mass is 855 g/mol. The first-order valence-electron chi connectivity index (χ1n) is 22.6. The van der Waals surface area contributed by atoms with E-state index in [1.54, 1.807) is 0 Å². The summed E-state index contributed by atoms with van der Waals surface area (Å²) in [6, 6.07) is 79.0. The van der Waals surface area contributed by atoms with Gasteiger partial charge in [0.15, 0.2) is 17.5 Å². The lowest BCUT2D eigenvalue weighted by atomic mass is 10.0. The van der Waals surface area contributed by atoms with Crippen LogP contribution in [0.5, 0.6) is 0 Å². The lowest BCUT2D eigenvalue weighted by Gasteiger charge is -2.13. The zero-order chi connectivity index (χ0) is 44.0. The number of rotatable bonds is 6. The SMILES string of the molecule is c1ccc(-c2cccc(-c3nc(-c4ccc(-n5c6ccccc6c6cc7ccccc7cc65)c5c4oc4ccccc45)nc(-c4cccc5c4c4ccccc4n5-c4ccccc4)n3)c2)cc1. The fraction of sp³-hybridized carbons (Fsp3) is 0. The van der Waals surface area contributed by atoms with Crippen LogP contribution < -0.4 is 0 Å². The summed E-state index contributed by atoms with van der Waals surface area (Å²) in [7, 11) is 0. The average Bonchev–Trinajstić information content (AvgIpc) is 4.06. The van der Waals surface area contributed by atoms with Gasteiger partial charge >= 0.3 is 0 Å². The summed E-state index contributed by atoms with van der Waals surface area (Å²) >= 11 is 0. The molecule has 0 saturated carbocycles. The van der Waals surface area contributed by atoms with Crippen molar-refractivity contribution in [3.63, 3.8) is 0 Å². The second-order valence-electron chi connectivity index (χ2n) is 17.1. The van der Waals surface area contributed by atoms with Crippen LogP contribution in [0.4, 0.5) is 0 Å². The zero-order valence-corrected chi connectivity index (χ0v) is 36.0. The minimum absolute atomic E-state index is 0.526. The zero-order valence-electron chi connectivity index (χ0n) is 36.0. The molecular formula is C61H37N5O. The third-order valence-electron chi connectivity index (χ3n) is 13.3. The van der Waals surface area contributed by atoms with Gasteiger partial charge in [0.25, 0.3) is 0 Å². The van der Waals surface area contributed by atoms with Gasteiger partial charge in [-0.2, -0.15) is 0 Å². The minimum atomic E-state index is 0.526. The van der Waals surface area contributed by atoms with E-state index in [9.17, 15) is 0 Å². The summed E-state index contributed by atoms with van der Waals surface area (Å²) < 4.78 is 11.7. The molecule has 0 amide bonds. The molecule has 0 aliphatic heterocycles. The summed E-state index contributed by atoms with van der Waals surface area (Å²) in [6.45, 7) is 0. The number of benzene rings is 10. The smallest absolute Gasteiger partial charge is 0.167 e. The van der Waals surface area contributed by atoms with Gasteiger partial charge in [-0.3, -0.25) is 0 Å². The van der Waals surface area contributed by atoms with Crippen LogP contribution in [0.25, 0.3) is 133 Å². The van der Waals surface area contributed by atoms with Crippen LogP contribution >= 0.6 is 0 Å². The van der Waals surface area contributed by atoms with Crippen molar-refractivity contribution < 1.29 is 4.42 Å². The Morgan fingerprint density at radius 1 is 0.328 bits per heavy atom. The highest BCUT2D eigenvalue weighted by molar-refractivity contribution is 6.19. The van der Waals surface area contributed by atoms with E-state index in [2.05, 4.69) is 215 Å². The van der Waals surface area contributed by atoms with E-state index in [4.69, 9.17) is 19.4 Å². The molecule has 14 rings (SSSR count). The molecule has 4 heterocycles. The quantitative estimate of drug-likeness (QED) is 0.167. The highest BCUT2D eigenvalue weighted by Gasteiger charge is 2.25. The largest absolute Gasteiger partial charge is 0.455 e. The molecule has 0 fully saturated rings. The van der Waals surface area contributed by atoms with Crippen molar-refractivity contribution in [2.75, 3.05) is 0 Å². The van der Waals surface area contributed by atoms with Gasteiger partial charge in [0.1, 0.15) is 11.2 Å². The van der Waals surface area contributed by atoms with Gasteiger partial charge in [-0.05, 0) is 88.6 Å². The molecule has 0 atom stereocenters. The number of furan rings is 1. The Labute approximate surface area is 384 Å². The third-order valence-corrected chi connectivity index (χ3v) is 13.3. The van der Waals surface area contributed by atoms with Gasteiger partial charge in [-0.1, -0.05) is 158 Å². The predicted molar refractivity (Wildman–Crippen MR) is 275 cm³/mol. The Bertz CT molecular complexity index is 4280. The molecule has 0 unspecified atom stereocenters. The van der Waals surface area contributed by atoms with Crippen molar-refractivity contribution in [1.82, 2.24) is 24.1 Å². The van der Waals surface area contributed by atoms with Crippen LogP contribution in [0.15, 0.2) is 229 Å². The van der Waals surface area contributed by atoms with Crippen molar-refractivity contribution in [2.45, 2.75) is 0 Å². The van der Waals surface area contributed by atoms with Crippen molar-refractivity contribution in [3.05, 3.63) is 224 Å². The summed E-state index contributed by atoms with van der Waals surface area (Å²) in [5.41, 5.74) is 12.8. The van der Waals surface area contributed by atoms with E-state index in [1.807, 2.05) is 18.2 Å². The lowest BCUT2D eigenvalue weighted by Crippen LogP contribution is -2.02. The summed E-state index contributed by atoms with van der Waals surface area (Å²) in [5.74, 6) is 1.68. The average molecular weight is 856 g/mol. The molecule has 0 spiro atoms. The molecule has 10 aromatic carbocycles. The van der Waals surface area contributed by atoms with Crippen LogP contribution in [0.2, 0.25) is 0 Å². The van der Waals surface area contributed by atoms with Crippen LogP contribution in [0, 0.1) is 0 Å². The molecule has 4 aromatic heterocycles. The first-order chi connectivity index (χ1) is 33.2. The topological polar surface area (TPSA) is 61.7 Å². The molecule has 0 N–H and O–H groups in total. The third kappa shape index (κ3) is 5.80. The second kappa shape index (κ2) is 14.7. The van der Waals surface area contributed by atoms with Gasteiger partial charge in [-0.25, -0.2) is 15.0 Å². The van der Waals surface area contributed by atoms with Gasteiger partial charge in [0.05, 0.1) is 38.7 Å². The normalized spacial score (nSPS) is 11.9. The van der Waals surface area contributed by atoms with E-state index in [1.165, 1.54) is 21.5 Å². The Morgan fingerprint density at radius 3 is 1.75 bits per heavy atom. The highest BCUT2D eigenvalue weighted by atomic mass is 16.3. The lowest BCUT2D eigenvalue weighted by molar-refractivity contribution is 0.669. The molecular weight excluding hydrogens is 819 g/mol. The number of nitrogens with zero attached hydrogens (tertiary/aromatic N) is 5. The maximum absolute atomic E-state index is 7.00. The number of hydrogen-bond donors (Lipinski definition) is 0. The van der Waals surface area contributed by atoms with Gasteiger partial charge in [0, 0.05) is 43.7 Å². The summed E-state index contributed by atoms with van der Waals surface area (Å²) in [4.78, 5) is 16.2. The molecule has 0 aliphatic carbocycles. The summed E-state index contributed by atoms with van der Waals surface area (Å²) in [5, 5.41) is 9.00. The van der Waals surface area contributed by atoms with E-state index in [0.717, 1.165) is 88.4 Å². The molecule has 14 aromatic rings. The second-order valence-corrected chi connectivity index (χ2v) is 17.1.